The van der Waals surface area contributed by atoms with Gasteiger partial charge in [0.05, 0.1) is 0 Å². The number of halogens is 2. The predicted molar refractivity (Wildman–Crippen MR) is 103 cm³/mol. The van der Waals surface area contributed by atoms with E-state index in [-0.39, 0.29) is 0 Å². The Morgan fingerprint density at radius 3 is 2.27 bits per heavy atom. The Hall–Kier alpha value is 0.468. The first-order chi connectivity index (χ1) is 10.6. The van der Waals surface area contributed by atoms with Gasteiger partial charge in [-0.2, -0.15) is 1.33 Å². The number of H-pyrrole nitrogens is 1. The molecule has 0 bridgehead atoms. The second-order valence-corrected chi connectivity index (χ2v) is 10.2. The third kappa shape index (κ3) is 5.83. The van der Waals surface area contributed by atoms with Gasteiger partial charge in [-0.1, -0.05) is 19.3 Å². The van der Waals surface area contributed by atoms with Crippen molar-refractivity contribution in [3.8, 4) is 11.4 Å². The van der Waals surface area contributed by atoms with E-state index in [9.17, 15) is 0 Å². The first-order valence-corrected chi connectivity index (χ1v) is 10.4. The van der Waals surface area contributed by atoms with Crippen molar-refractivity contribution in [1.29, 1.82) is 0 Å². The van der Waals surface area contributed by atoms with Gasteiger partial charge in [0.1, 0.15) is 0 Å². The minimum atomic E-state index is 0.861. The summed E-state index contributed by atoms with van der Waals surface area (Å²) in [6, 6.07) is 10.9. The summed E-state index contributed by atoms with van der Waals surface area (Å²) in [4.78, 5) is 4.38. The molecule has 1 heterocycles. The van der Waals surface area contributed by atoms with Gasteiger partial charge in [-0.15, -0.1) is 0 Å². The molecular formula is C15H20I2N4Pt. The van der Waals surface area contributed by atoms with Crippen LogP contribution >= 0.6 is 45.7 Å². The topological polar surface area (TPSA) is 36.9 Å². The number of nitrogens with zero attached hydrogens (tertiary/aromatic N) is 3. The van der Waals surface area contributed by atoms with Crippen LogP contribution in [0.15, 0.2) is 30.3 Å². The van der Waals surface area contributed by atoms with Crippen LogP contribution in [-0.4, -0.2) is 22.1 Å². The summed E-state index contributed by atoms with van der Waals surface area (Å²) in [6.45, 7) is 0. The third-order valence-electron chi connectivity index (χ3n) is 3.62. The van der Waals surface area contributed by atoms with E-state index in [1.165, 1.54) is 32.1 Å². The molecule has 1 aromatic heterocycles. The van der Waals surface area contributed by atoms with Gasteiger partial charge in [0.2, 0.25) is 0 Å². The average Bonchev–Trinajstić information content (AvgIpc) is 2.89. The monoisotopic (exact) mass is 705 g/mol. The number of rotatable bonds is 2. The molecule has 0 atom stereocenters. The zero-order valence-corrected chi connectivity index (χ0v) is 19.0. The van der Waals surface area contributed by atoms with Gasteiger partial charge in [0.15, 0.2) is 0 Å². The second-order valence-electron chi connectivity index (χ2n) is 5.29. The minimum absolute atomic E-state index is 0.861. The summed E-state index contributed by atoms with van der Waals surface area (Å²) in [5.74, 6) is 0.910. The van der Waals surface area contributed by atoms with E-state index in [2.05, 4.69) is 76.5 Å². The molecule has 22 heavy (non-hydrogen) atoms. The van der Waals surface area contributed by atoms with Gasteiger partial charge >= 0.3 is 86.7 Å². The van der Waals surface area contributed by atoms with Gasteiger partial charge in [-0.25, -0.2) is 0 Å². The first-order valence-electron chi connectivity index (χ1n) is 7.32. The zero-order chi connectivity index (χ0) is 15.9. The number of aromatic nitrogens is 3. The molecule has 0 spiro atoms. The molecule has 0 radical (unpaired) electrons. The normalized spacial score (nSPS) is 15.5. The quantitative estimate of drug-likeness (QED) is 0.360. The molecule has 1 N–H and O–H groups in total. The van der Waals surface area contributed by atoms with Crippen LogP contribution in [0.1, 0.15) is 32.1 Å². The summed E-state index contributed by atoms with van der Waals surface area (Å²) < 4.78 is 5.15. The second kappa shape index (κ2) is 9.69. The molecule has 1 aliphatic carbocycles. The first kappa shape index (κ1) is 18.8. The van der Waals surface area contributed by atoms with Crippen molar-refractivity contribution in [3.63, 3.8) is 0 Å². The Morgan fingerprint density at radius 2 is 1.82 bits per heavy atom. The number of hydrogen-bond donors (Lipinski definition) is 1. The number of aromatic amines is 1. The minimum Gasteiger partial charge on any atom is -0.185 e. The standard InChI is InChI=1S/C9H9N3.C6H11I2N.Pt/c1-12-7-10-9(11-12)8-5-3-2-4-6-8;7-9(8)6-4-2-1-3-5-6;/h2-6H,1H3,(H,10,11);6H,1-5H2;. The van der Waals surface area contributed by atoms with Crippen molar-refractivity contribution in [1.82, 2.24) is 16.1 Å². The van der Waals surface area contributed by atoms with Crippen LogP contribution in [0, 0.1) is 3.80 Å². The fraction of sp³-hybridized carbons (Fsp3) is 0.467. The molecule has 1 saturated carbocycles. The summed E-state index contributed by atoms with van der Waals surface area (Å²) in [5.41, 5.74) is 1.11. The van der Waals surface area contributed by atoms with E-state index in [1.807, 2.05) is 42.1 Å². The zero-order valence-electron chi connectivity index (χ0n) is 12.4. The SMILES string of the molecule is Cn1[nH]c(-c2ccccc2)n[c]1=[Pt].IN(I)C1CCCCC1. The third-order valence-corrected chi connectivity index (χ3v) is 6.22. The smallest absolute Gasteiger partial charge is 0.0311 e. The van der Waals surface area contributed by atoms with Crippen LogP contribution in [0.3, 0.4) is 0 Å². The Balaban J connectivity index is 0.000000172. The van der Waals surface area contributed by atoms with E-state index in [4.69, 9.17) is 0 Å². The Bertz CT molecular complexity index is 618. The van der Waals surface area contributed by atoms with Crippen molar-refractivity contribution in [2.75, 3.05) is 0 Å². The van der Waals surface area contributed by atoms with Crippen molar-refractivity contribution in [2.24, 2.45) is 7.05 Å². The number of benzene rings is 1. The maximum Gasteiger partial charge on any atom is 0.0311 e. The van der Waals surface area contributed by atoms with Gasteiger partial charge in [-0.3, -0.25) is 0 Å². The molecule has 0 saturated heterocycles. The van der Waals surface area contributed by atoms with Crippen LogP contribution in [0.5, 0.6) is 0 Å². The maximum absolute atomic E-state index is 4.38. The van der Waals surface area contributed by atoms with E-state index in [0.29, 0.717) is 0 Å². The molecule has 4 nitrogen and oxygen atoms in total. The fourth-order valence-electron chi connectivity index (χ4n) is 2.39. The number of aryl methyl sites for hydroxylation is 1. The van der Waals surface area contributed by atoms with E-state index >= 15 is 0 Å². The molecule has 0 amide bonds. The Labute approximate surface area is 170 Å². The van der Waals surface area contributed by atoms with Gasteiger partial charge < -0.3 is 0 Å². The van der Waals surface area contributed by atoms with E-state index in [1.54, 1.807) is 0 Å². The van der Waals surface area contributed by atoms with Crippen LogP contribution in [0.2, 0.25) is 0 Å². The molecule has 0 aliphatic heterocycles. The Morgan fingerprint density at radius 1 is 1.18 bits per heavy atom. The fourth-order valence-corrected chi connectivity index (χ4v) is 3.88. The van der Waals surface area contributed by atoms with Crippen molar-refractivity contribution in [3.05, 3.63) is 34.1 Å². The van der Waals surface area contributed by atoms with Gasteiger partial charge in [0.25, 0.3) is 0 Å². The van der Waals surface area contributed by atoms with Crippen LogP contribution in [0.25, 0.3) is 11.4 Å². The van der Waals surface area contributed by atoms with E-state index < -0.39 is 0 Å². The van der Waals surface area contributed by atoms with Crippen molar-refractivity contribution in [2.45, 2.75) is 38.1 Å². The molecule has 124 valence electrons. The van der Waals surface area contributed by atoms with Crippen LogP contribution < -0.4 is 0 Å². The molecular weight excluding hydrogens is 685 g/mol. The van der Waals surface area contributed by atoms with Crippen molar-refractivity contribution >= 4 is 45.7 Å². The molecule has 3 rings (SSSR count). The molecule has 2 aromatic rings. The maximum atomic E-state index is 4.38. The molecule has 7 heteroatoms. The molecule has 1 fully saturated rings. The van der Waals surface area contributed by atoms with Crippen LogP contribution in [0.4, 0.5) is 0 Å². The Kier molecular flexibility index (Phi) is 8.28. The molecule has 1 aliphatic rings. The van der Waals surface area contributed by atoms with E-state index in [0.717, 1.165) is 21.2 Å². The summed E-state index contributed by atoms with van der Waals surface area (Å²) in [7, 11) is 1.95. The van der Waals surface area contributed by atoms with Crippen LogP contribution in [-0.2, 0) is 26.4 Å². The van der Waals surface area contributed by atoms with Gasteiger partial charge in [-0.05, 0) is 12.8 Å². The predicted octanol–water partition coefficient (Wildman–Crippen LogP) is 4.82. The molecule has 0 unspecified atom stereocenters. The average molecular weight is 705 g/mol. The summed E-state index contributed by atoms with van der Waals surface area (Å²) >= 11 is 6.94. The summed E-state index contributed by atoms with van der Waals surface area (Å²) in [6.07, 6.45) is 7.15. The largest absolute Gasteiger partial charge is 0.185 e. The summed E-state index contributed by atoms with van der Waals surface area (Å²) in [5, 5.41) is 3.16. The van der Waals surface area contributed by atoms with Crippen molar-refractivity contribution < 1.29 is 19.4 Å². The number of nitrogens with one attached hydrogen (secondary N) is 1. The molecule has 1 aromatic carbocycles. The number of hydrogen-bond acceptors (Lipinski definition) is 2. The van der Waals surface area contributed by atoms with Gasteiger partial charge in [0, 0.05) is 51.8 Å².